The molecular weight excluding hydrogens is 258 g/mol. The molecule has 1 heterocycles. The number of aromatic nitrogens is 1. The lowest BCUT2D eigenvalue weighted by molar-refractivity contribution is 0.600. The van der Waals surface area contributed by atoms with E-state index in [1.54, 1.807) is 12.3 Å². The lowest BCUT2D eigenvalue weighted by Gasteiger charge is -2.09. The molecule has 1 aromatic heterocycles. The largest absolute Gasteiger partial charge is 0.388 e. The second-order valence-electron chi connectivity index (χ2n) is 3.67. The highest BCUT2D eigenvalue weighted by molar-refractivity contribution is 7.90. The summed E-state index contributed by atoms with van der Waals surface area (Å²) in [5, 5.41) is 3.07. The van der Waals surface area contributed by atoms with Crippen molar-refractivity contribution in [3.8, 4) is 0 Å². The number of sulfone groups is 1. The maximum absolute atomic E-state index is 10.9. The predicted molar refractivity (Wildman–Crippen MR) is 72.9 cm³/mol. The molecular formula is C10H15N3O2S2. The van der Waals surface area contributed by atoms with Gasteiger partial charge in [-0.1, -0.05) is 12.2 Å². The smallest absolute Gasteiger partial charge is 0.147 e. The Morgan fingerprint density at radius 2 is 2.29 bits per heavy atom. The molecule has 0 aliphatic heterocycles. The Kier molecular flexibility index (Phi) is 4.83. The number of hydrogen-bond donors (Lipinski definition) is 2. The first-order valence-corrected chi connectivity index (χ1v) is 7.53. The highest BCUT2D eigenvalue weighted by Gasteiger charge is 2.06. The summed E-state index contributed by atoms with van der Waals surface area (Å²) in [5.41, 5.74) is 6.78. The molecule has 0 radical (unpaired) electrons. The number of thiocarbonyl (C=S) groups is 1. The molecule has 0 fully saturated rings. The van der Waals surface area contributed by atoms with E-state index in [2.05, 4.69) is 10.3 Å². The van der Waals surface area contributed by atoms with E-state index >= 15 is 0 Å². The van der Waals surface area contributed by atoms with Crippen LogP contribution in [0.25, 0.3) is 0 Å². The molecule has 0 saturated heterocycles. The molecule has 3 N–H and O–H groups in total. The number of nitrogens with zero attached hydrogens (tertiary/aromatic N) is 1. The minimum Gasteiger partial charge on any atom is -0.388 e. The summed E-state index contributed by atoms with van der Waals surface area (Å²) >= 11 is 4.87. The Morgan fingerprint density at radius 3 is 2.88 bits per heavy atom. The van der Waals surface area contributed by atoms with Crippen molar-refractivity contribution in [2.75, 3.05) is 23.9 Å². The van der Waals surface area contributed by atoms with Crippen LogP contribution < -0.4 is 11.1 Å². The summed E-state index contributed by atoms with van der Waals surface area (Å²) in [5.74, 6) is 0.155. The molecule has 0 saturated carbocycles. The fraction of sp³-hybridized carbons (Fsp3) is 0.400. The summed E-state index contributed by atoms with van der Waals surface area (Å²) in [6.07, 6.45) is 3.36. The van der Waals surface area contributed by atoms with Crippen LogP contribution >= 0.6 is 12.2 Å². The zero-order valence-corrected chi connectivity index (χ0v) is 11.1. The van der Waals surface area contributed by atoms with Gasteiger partial charge in [0.25, 0.3) is 0 Å². The van der Waals surface area contributed by atoms with E-state index in [4.69, 9.17) is 18.0 Å². The van der Waals surface area contributed by atoms with Gasteiger partial charge in [0, 0.05) is 19.0 Å². The van der Waals surface area contributed by atoms with Gasteiger partial charge in [0.05, 0.1) is 11.4 Å². The molecule has 0 atom stereocenters. The Balaban J connectivity index is 2.55. The standard InChI is InChI=1S/C10H15N3O2S2/c1-17(14,15)7-3-6-12-8-4-2-5-13-9(8)10(11)16/h2,4-5,12H,3,6-7H2,1H3,(H2,11,16). The predicted octanol–water partition coefficient (Wildman–Crippen LogP) is 0.562. The Labute approximate surface area is 106 Å². The number of hydrogen-bond acceptors (Lipinski definition) is 5. The highest BCUT2D eigenvalue weighted by atomic mass is 32.2. The zero-order chi connectivity index (χ0) is 12.9. The molecule has 1 rings (SSSR count). The average molecular weight is 273 g/mol. The van der Waals surface area contributed by atoms with Gasteiger partial charge in [0.15, 0.2) is 0 Å². The SMILES string of the molecule is CS(=O)(=O)CCCNc1cccnc1C(N)=S. The maximum atomic E-state index is 10.9. The summed E-state index contributed by atoms with van der Waals surface area (Å²) in [6.45, 7) is 0.536. The van der Waals surface area contributed by atoms with Crippen LogP contribution in [0.3, 0.4) is 0 Å². The van der Waals surface area contributed by atoms with Crippen molar-refractivity contribution >= 4 is 32.7 Å². The molecule has 7 heteroatoms. The number of anilines is 1. The molecule has 94 valence electrons. The van der Waals surface area contributed by atoms with E-state index in [0.29, 0.717) is 18.7 Å². The molecule has 0 amide bonds. The van der Waals surface area contributed by atoms with Gasteiger partial charge in [-0.15, -0.1) is 0 Å². The maximum Gasteiger partial charge on any atom is 0.147 e. The van der Waals surface area contributed by atoms with Crippen molar-refractivity contribution in [2.45, 2.75) is 6.42 Å². The van der Waals surface area contributed by atoms with E-state index in [1.807, 2.05) is 6.07 Å². The van der Waals surface area contributed by atoms with Gasteiger partial charge in [-0.3, -0.25) is 4.98 Å². The molecule has 1 aromatic rings. The van der Waals surface area contributed by atoms with Crippen molar-refractivity contribution in [1.82, 2.24) is 4.98 Å². The molecule has 5 nitrogen and oxygen atoms in total. The lowest BCUT2D eigenvalue weighted by atomic mass is 10.3. The van der Waals surface area contributed by atoms with Crippen molar-refractivity contribution in [3.05, 3.63) is 24.0 Å². The molecule has 0 aliphatic rings. The fourth-order valence-corrected chi connectivity index (χ4v) is 2.13. The minimum atomic E-state index is -2.91. The van der Waals surface area contributed by atoms with E-state index in [9.17, 15) is 8.42 Å². The minimum absolute atomic E-state index is 0.155. The van der Waals surface area contributed by atoms with Crippen LogP contribution in [-0.4, -0.2) is 36.9 Å². The first kappa shape index (κ1) is 13.9. The summed E-state index contributed by atoms with van der Waals surface area (Å²) < 4.78 is 21.9. The van der Waals surface area contributed by atoms with Crippen LogP contribution in [0.15, 0.2) is 18.3 Å². The van der Waals surface area contributed by atoms with Crippen molar-refractivity contribution in [1.29, 1.82) is 0 Å². The highest BCUT2D eigenvalue weighted by Crippen LogP contribution is 2.11. The molecule has 0 spiro atoms. The summed E-state index contributed by atoms with van der Waals surface area (Å²) in [4.78, 5) is 4.28. The van der Waals surface area contributed by atoms with Crippen LogP contribution in [0.2, 0.25) is 0 Å². The molecule has 0 aromatic carbocycles. The van der Waals surface area contributed by atoms with Crippen LogP contribution in [0.5, 0.6) is 0 Å². The van der Waals surface area contributed by atoms with Gasteiger partial charge < -0.3 is 11.1 Å². The number of nitrogens with two attached hydrogens (primary N) is 1. The molecule has 0 bridgehead atoms. The van der Waals surface area contributed by atoms with Crippen LogP contribution in [-0.2, 0) is 9.84 Å². The molecule has 17 heavy (non-hydrogen) atoms. The van der Waals surface area contributed by atoms with Crippen molar-refractivity contribution < 1.29 is 8.42 Å². The third-order valence-electron chi connectivity index (χ3n) is 2.05. The van der Waals surface area contributed by atoms with Gasteiger partial charge >= 0.3 is 0 Å². The van der Waals surface area contributed by atoms with Gasteiger partial charge in [-0.05, 0) is 18.6 Å². The van der Waals surface area contributed by atoms with E-state index in [1.165, 1.54) is 6.26 Å². The number of pyridine rings is 1. The van der Waals surface area contributed by atoms with Crippen LogP contribution in [0.1, 0.15) is 12.1 Å². The Hall–Kier alpha value is -1.21. The first-order valence-electron chi connectivity index (χ1n) is 5.06. The Morgan fingerprint density at radius 1 is 1.59 bits per heavy atom. The van der Waals surface area contributed by atoms with Gasteiger partial charge in [0.2, 0.25) is 0 Å². The second kappa shape index (κ2) is 5.92. The van der Waals surface area contributed by atoms with Crippen molar-refractivity contribution in [2.24, 2.45) is 5.73 Å². The van der Waals surface area contributed by atoms with E-state index in [0.717, 1.165) is 5.69 Å². The van der Waals surface area contributed by atoms with Gasteiger partial charge in [-0.2, -0.15) is 0 Å². The summed E-state index contributed by atoms with van der Waals surface area (Å²) in [7, 11) is -2.91. The lowest BCUT2D eigenvalue weighted by Crippen LogP contribution is -2.16. The normalized spacial score (nSPS) is 11.1. The fourth-order valence-electron chi connectivity index (χ4n) is 1.30. The van der Waals surface area contributed by atoms with Crippen LogP contribution in [0.4, 0.5) is 5.69 Å². The third-order valence-corrected chi connectivity index (χ3v) is 3.27. The number of rotatable bonds is 6. The van der Waals surface area contributed by atoms with E-state index in [-0.39, 0.29) is 10.7 Å². The number of nitrogens with one attached hydrogen (secondary N) is 1. The quantitative estimate of drug-likeness (QED) is 0.582. The third kappa shape index (κ3) is 5.10. The van der Waals surface area contributed by atoms with E-state index < -0.39 is 9.84 Å². The topological polar surface area (TPSA) is 85.1 Å². The molecule has 0 aliphatic carbocycles. The summed E-state index contributed by atoms with van der Waals surface area (Å²) in [6, 6.07) is 3.57. The first-order chi connectivity index (χ1) is 7.90. The Bertz CT molecular complexity index is 500. The molecule has 0 unspecified atom stereocenters. The van der Waals surface area contributed by atoms with Gasteiger partial charge in [0.1, 0.15) is 20.5 Å². The zero-order valence-electron chi connectivity index (χ0n) is 9.51. The van der Waals surface area contributed by atoms with Gasteiger partial charge in [-0.25, -0.2) is 8.42 Å². The monoisotopic (exact) mass is 273 g/mol. The second-order valence-corrected chi connectivity index (χ2v) is 6.37. The van der Waals surface area contributed by atoms with Crippen LogP contribution in [0, 0.1) is 0 Å². The average Bonchev–Trinajstić information content (AvgIpc) is 2.23. The van der Waals surface area contributed by atoms with Crippen molar-refractivity contribution in [3.63, 3.8) is 0 Å².